The van der Waals surface area contributed by atoms with Crippen molar-refractivity contribution >= 4 is 28.6 Å². The fourth-order valence-electron chi connectivity index (χ4n) is 2.99. The highest BCUT2D eigenvalue weighted by atomic mass is 32.2. The molecule has 0 aliphatic carbocycles. The lowest BCUT2D eigenvalue weighted by atomic mass is 10.0. The van der Waals surface area contributed by atoms with Crippen molar-refractivity contribution in [3.8, 4) is 22.6 Å². The first kappa shape index (κ1) is 18.9. The Bertz CT molecular complexity index is 1190. The normalized spacial score (nSPS) is 11.0. The standard InChI is InChI=1S/C21H20N6OS/c1-13-7-9-14(10-8-13)18-11-16(15-5-3-4-6-17(15)24-18)20-25-26-21(27(20)22)29-12-19(28)23-2/h3-11H,12,22H2,1-2H3,(H,23,28). The number of hydrogen-bond acceptors (Lipinski definition) is 6. The van der Waals surface area contributed by atoms with Crippen LogP contribution in [-0.2, 0) is 4.79 Å². The van der Waals surface area contributed by atoms with Crippen LogP contribution in [-0.4, -0.2) is 38.6 Å². The highest BCUT2D eigenvalue weighted by molar-refractivity contribution is 7.99. The summed E-state index contributed by atoms with van der Waals surface area (Å²) >= 11 is 1.24. The van der Waals surface area contributed by atoms with Gasteiger partial charge in [-0.15, -0.1) is 10.2 Å². The van der Waals surface area contributed by atoms with Crippen molar-refractivity contribution in [2.75, 3.05) is 18.6 Å². The molecule has 0 spiro atoms. The van der Waals surface area contributed by atoms with E-state index >= 15 is 0 Å². The maximum Gasteiger partial charge on any atom is 0.230 e. The molecule has 0 saturated carbocycles. The summed E-state index contributed by atoms with van der Waals surface area (Å²) in [6.45, 7) is 2.05. The third-order valence-electron chi connectivity index (χ3n) is 4.58. The van der Waals surface area contributed by atoms with E-state index in [-0.39, 0.29) is 11.7 Å². The van der Waals surface area contributed by atoms with Gasteiger partial charge in [0.15, 0.2) is 5.82 Å². The molecule has 2 aromatic heterocycles. The first-order valence-corrected chi connectivity index (χ1v) is 10.1. The van der Waals surface area contributed by atoms with Crippen LogP contribution in [0, 0.1) is 6.92 Å². The zero-order chi connectivity index (χ0) is 20.4. The third-order valence-corrected chi connectivity index (χ3v) is 5.52. The Morgan fingerprint density at radius 3 is 2.66 bits per heavy atom. The first-order chi connectivity index (χ1) is 14.1. The number of carbonyl (C=O) groups is 1. The van der Waals surface area contributed by atoms with Gasteiger partial charge >= 0.3 is 0 Å². The number of nitrogen functional groups attached to an aromatic ring is 1. The highest BCUT2D eigenvalue weighted by Crippen LogP contribution is 2.32. The van der Waals surface area contributed by atoms with Gasteiger partial charge in [0.2, 0.25) is 11.1 Å². The van der Waals surface area contributed by atoms with E-state index < -0.39 is 0 Å². The second-order valence-corrected chi connectivity index (χ2v) is 7.52. The minimum Gasteiger partial charge on any atom is -0.358 e. The van der Waals surface area contributed by atoms with Crippen LogP contribution in [0.4, 0.5) is 0 Å². The van der Waals surface area contributed by atoms with E-state index in [1.165, 1.54) is 22.0 Å². The molecule has 7 nitrogen and oxygen atoms in total. The smallest absolute Gasteiger partial charge is 0.230 e. The van der Waals surface area contributed by atoms with E-state index in [0.29, 0.717) is 11.0 Å². The zero-order valence-electron chi connectivity index (χ0n) is 16.1. The number of para-hydroxylation sites is 1. The summed E-state index contributed by atoms with van der Waals surface area (Å²) in [5.41, 5.74) is 4.73. The number of benzene rings is 2. The molecular weight excluding hydrogens is 384 g/mol. The number of aromatic nitrogens is 4. The Labute approximate surface area is 172 Å². The van der Waals surface area contributed by atoms with Crippen molar-refractivity contribution < 1.29 is 4.79 Å². The maximum atomic E-state index is 11.5. The van der Waals surface area contributed by atoms with Crippen LogP contribution in [0.5, 0.6) is 0 Å². The predicted octanol–water partition coefficient (Wildman–Crippen LogP) is 3.02. The fourth-order valence-corrected chi connectivity index (χ4v) is 3.72. The fraction of sp³-hybridized carbons (Fsp3) is 0.143. The molecule has 4 aromatic rings. The molecule has 0 bridgehead atoms. The van der Waals surface area contributed by atoms with E-state index in [0.717, 1.165) is 27.7 Å². The molecule has 0 unspecified atom stereocenters. The van der Waals surface area contributed by atoms with E-state index in [1.807, 2.05) is 42.5 Å². The van der Waals surface area contributed by atoms with Crippen LogP contribution in [0.1, 0.15) is 5.56 Å². The van der Waals surface area contributed by atoms with Gasteiger partial charge < -0.3 is 11.2 Å². The van der Waals surface area contributed by atoms with Crippen LogP contribution in [0.25, 0.3) is 33.5 Å². The number of carbonyl (C=O) groups excluding carboxylic acids is 1. The van der Waals surface area contributed by atoms with Crippen molar-refractivity contribution in [1.29, 1.82) is 0 Å². The third kappa shape index (κ3) is 3.79. The highest BCUT2D eigenvalue weighted by Gasteiger charge is 2.17. The number of aryl methyl sites for hydroxylation is 1. The van der Waals surface area contributed by atoms with Gasteiger partial charge in [-0.1, -0.05) is 59.8 Å². The number of fused-ring (bicyclic) bond motifs is 1. The quantitative estimate of drug-likeness (QED) is 0.392. The second kappa shape index (κ2) is 7.92. The lowest BCUT2D eigenvalue weighted by molar-refractivity contribution is -0.118. The molecule has 0 saturated heterocycles. The number of thioether (sulfide) groups is 1. The van der Waals surface area contributed by atoms with E-state index in [9.17, 15) is 4.79 Å². The molecule has 0 aliphatic heterocycles. The van der Waals surface area contributed by atoms with Crippen molar-refractivity contribution in [1.82, 2.24) is 25.2 Å². The Morgan fingerprint density at radius 1 is 1.14 bits per heavy atom. The number of rotatable bonds is 5. The second-order valence-electron chi connectivity index (χ2n) is 6.58. The molecule has 0 atom stereocenters. The number of nitrogens with two attached hydrogens (primary N) is 1. The summed E-state index contributed by atoms with van der Waals surface area (Å²) in [6, 6.07) is 18.1. The Morgan fingerprint density at radius 2 is 1.90 bits per heavy atom. The number of amides is 1. The largest absolute Gasteiger partial charge is 0.358 e. The van der Waals surface area contributed by atoms with E-state index in [1.54, 1.807) is 7.05 Å². The lowest BCUT2D eigenvalue weighted by Gasteiger charge is -2.10. The molecule has 4 rings (SSSR count). The van der Waals surface area contributed by atoms with Gasteiger partial charge in [-0.2, -0.15) is 0 Å². The summed E-state index contributed by atoms with van der Waals surface area (Å²) in [5.74, 6) is 6.92. The van der Waals surface area contributed by atoms with Crippen molar-refractivity contribution in [3.63, 3.8) is 0 Å². The minimum atomic E-state index is -0.101. The van der Waals surface area contributed by atoms with Gasteiger partial charge in [-0.25, -0.2) is 9.66 Å². The van der Waals surface area contributed by atoms with Gasteiger partial charge in [0.25, 0.3) is 0 Å². The summed E-state index contributed by atoms with van der Waals surface area (Å²) < 4.78 is 1.42. The summed E-state index contributed by atoms with van der Waals surface area (Å²) in [5, 5.41) is 12.5. The van der Waals surface area contributed by atoms with Gasteiger partial charge in [0, 0.05) is 23.6 Å². The predicted molar refractivity (Wildman–Crippen MR) is 116 cm³/mol. The van der Waals surface area contributed by atoms with Crippen LogP contribution < -0.4 is 11.2 Å². The molecule has 0 aliphatic rings. The molecule has 0 fully saturated rings. The van der Waals surface area contributed by atoms with Crippen molar-refractivity contribution in [2.24, 2.45) is 0 Å². The summed E-state index contributed by atoms with van der Waals surface area (Å²) in [4.78, 5) is 16.3. The van der Waals surface area contributed by atoms with Gasteiger partial charge in [-0.3, -0.25) is 4.79 Å². The Balaban J connectivity index is 1.82. The Hall–Kier alpha value is -3.39. The first-order valence-electron chi connectivity index (χ1n) is 9.08. The van der Waals surface area contributed by atoms with Crippen LogP contribution >= 0.6 is 11.8 Å². The van der Waals surface area contributed by atoms with Crippen molar-refractivity contribution in [3.05, 3.63) is 60.2 Å². The van der Waals surface area contributed by atoms with E-state index in [4.69, 9.17) is 10.8 Å². The zero-order valence-corrected chi connectivity index (χ0v) is 16.9. The molecular formula is C21H20N6OS. The average Bonchev–Trinajstić information content (AvgIpc) is 3.11. The molecule has 29 heavy (non-hydrogen) atoms. The van der Waals surface area contributed by atoms with Crippen LogP contribution in [0.2, 0.25) is 0 Å². The molecule has 146 valence electrons. The maximum absolute atomic E-state index is 11.5. The number of nitrogens with zero attached hydrogens (tertiary/aromatic N) is 4. The van der Waals surface area contributed by atoms with Crippen molar-refractivity contribution in [2.45, 2.75) is 12.1 Å². The monoisotopic (exact) mass is 404 g/mol. The van der Waals surface area contributed by atoms with Gasteiger partial charge in [0.05, 0.1) is 17.0 Å². The summed E-state index contributed by atoms with van der Waals surface area (Å²) in [7, 11) is 1.59. The molecule has 2 aromatic carbocycles. The molecule has 3 N–H and O–H groups in total. The minimum absolute atomic E-state index is 0.101. The van der Waals surface area contributed by atoms with Crippen LogP contribution in [0.15, 0.2) is 59.8 Å². The number of pyridine rings is 1. The summed E-state index contributed by atoms with van der Waals surface area (Å²) in [6.07, 6.45) is 0. The lowest BCUT2D eigenvalue weighted by Crippen LogP contribution is -2.20. The van der Waals surface area contributed by atoms with Gasteiger partial charge in [0.1, 0.15) is 0 Å². The van der Waals surface area contributed by atoms with Gasteiger partial charge in [-0.05, 0) is 19.1 Å². The van der Waals surface area contributed by atoms with E-state index in [2.05, 4.69) is 34.6 Å². The molecule has 2 heterocycles. The Kier molecular flexibility index (Phi) is 5.18. The average molecular weight is 404 g/mol. The molecule has 8 heteroatoms. The SMILES string of the molecule is CNC(=O)CSc1nnc(-c2cc(-c3ccc(C)cc3)nc3ccccc23)n1N. The number of hydrogen-bond donors (Lipinski definition) is 2. The topological polar surface area (TPSA) is 98.7 Å². The van der Waals surface area contributed by atoms with Crippen LogP contribution in [0.3, 0.4) is 0 Å². The number of nitrogens with one attached hydrogen (secondary N) is 1. The molecule has 1 amide bonds. The molecule has 0 radical (unpaired) electrons.